The van der Waals surface area contributed by atoms with Crippen LogP contribution in [0.15, 0.2) is 24.5 Å². The number of ether oxygens (including phenoxy) is 1. The molecule has 1 aromatic carbocycles. The zero-order valence-electron chi connectivity index (χ0n) is 18.5. The van der Waals surface area contributed by atoms with Crippen molar-refractivity contribution in [2.24, 2.45) is 7.05 Å². The second kappa shape index (κ2) is 9.18. The van der Waals surface area contributed by atoms with Crippen LogP contribution in [0.2, 0.25) is 10.0 Å². The topological polar surface area (TPSA) is 74.0 Å². The Kier molecular flexibility index (Phi) is 6.67. The summed E-state index contributed by atoms with van der Waals surface area (Å²) < 4.78 is 87.7. The number of amides is 1. The Morgan fingerprint density at radius 1 is 1.19 bits per heavy atom. The molecule has 3 aromatic rings. The molecule has 36 heavy (non-hydrogen) atoms. The first-order valence-corrected chi connectivity index (χ1v) is 11.1. The minimum absolute atomic E-state index is 0.0465. The van der Waals surface area contributed by atoms with Gasteiger partial charge in [0.2, 0.25) is 6.17 Å². The Morgan fingerprint density at radius 2 is 1.86 bits per heavy atom. The summed E-state index contributed by atoms with van der Waals surface area (Å²) >= 11 is 12.4. The predicted molar refractivity (Wildman–Crippen MR) is 117 cm³/mol. The molecule has 4 rings (SSSR count). The van der Waals surface area contributed by atoms with E-state index in [4.69, 9.17) is 23.2 Å². The first kappa shape index (κ1) is 26.1. The second-order valence-electron chi connectivity index (χ2n) is 8.14. The summed E-state index contributed by atoms with van der Waals surface area (Å²) in [5.74, 6) is -2.73. The highest BCUT2D eigenvalue weighted by molar-refractivity contribution is 6.38. The molecular weight excluding hydrogens is 539 g/mol. The number of hydrogen-bond acceptors (Lipinski definition) is 4. The number of carbonyl (C=O) groups is 1. The third-order valence-electron chi connectivity index (χ3n) is 5.29. The summed E-state index contributed by atoms with van der Waals surface area (Å²) in [5, 5.41) is 10.2. The number of aryl methyl sites for hydroxylation is 1. The molecule has 0 radical (unpaired) electrons. The number of halogens is 8. The van der Waals surface area contributed by atoms with Gasteiger partial charge in [-0.15, -0.1) is 5.10 Å². The van der Waals surface area contributed by atoms with Crippen molar-refractivity contribution < 1.29 is 35.9 Å². The fraction of sp³-hybridized carbons (Fsp3) is 0.381. The van der Waals surface area contributed by atoms with Crippen molar-refractivity contribution in [3.8, 4) is 22.8 Å². The van der Waals surface area contributed by atoms with Gasteiger partial charge in [0.25, 0.3) is 11.8 Å². The zero-order chi connectivity index (χ0) is 26.6. The molecule has 1 aliphatic carbocycles. The van der Waals surface area contributed by atoms with E-state index in [-0.39, 0.29) is 32.8 Å². The zero-order valence-corrected chi connectivity index (χ0v) is 20.0. The van der Waals surface area contributed by atoms with Gasteiger partial charge >= 0.3 is 12.3 Å². The van der Waals surface area contributed by atoms with E-state index in [2.05, 4.69) is 20.3 Å². The maximum atomic E-state index is 13.9. The van der Waals surface area contributed by atoms with Crippen molar-refractivity contribution in [1.82, 2.24) is 24.9 Å². The Morgan fingerprint density at radius 3 is 2.44 bits per heavy atom. The third kappa shape index (κ3) is 5.12. The molecule has 2 heterocycles. The van der Waals surface area contributed by atoms with Gasteiger partial charge in [-0.3, -0.25) is 4.79 Å². The van der Waals surface area contributed by atoms with Gasteiger partial charge in [0.05, 0.1) is 21.8 Å². The van der Waals surface area contributed by atoms with E-state index in [9.17, 15) is 31.1 Å². The van der Waals surface area contributed by atoms with E-state index in [1.807, 2.05) is 0 Å². The van der Waals surface area contributed by atoms with Crippen LogP contribution < -0.4 is 10.1 Å². The van der Waals surface area contributed by atoms with Crippen LogP contribution in [0.3, 0.4) is 0 Å². The fourth-order valence-electron chi connectivity index (χ4n) is 3.30. The van der Waals surface area contributed by atoms with Gasteiger partial charge in [-0.2, -0.15) is 27.1 Å². The number of alkyl halides is 6. The van der Waals surface area contributed by atoms with E-state index in [1.165, 1.54) is 12.1 Å². The van der Waals surface area contributed by atoms with Crippen LogP contribution in [0, 0.1) is 0 Å². The fourth-order valence-corrected chi connectivity index (χ4v) is 3.87. The summed E-state index contributed by atoms with van der Waals surface area (Å²) in [4.78, 5) is 12.5. The molecule has 0 bridgehead atoms. The summed E-state index contributed by atoms with van der Waals surface area (Å²) in [6.07, 6.45) is -8.72. The third-order valence-corrected chi connectivity index (χ3v) is 5.91. The van der Waals surface area contributed by atoms with Crippen LogP contribution in [0.4, 0.5) is 26.3 Å². The predicted octanol–water partition coefficient (Wildman–Crippen LogP) is 5.82. The van der Waals surface area contributed by atoms with Gasteiger partial charge in [-0.05, 0) is 31.9 Å². The number of hydrogen-bond donors (Lipinski definition) is 1. The van der Waals surface area contributed by atoms with Crippen molar-refractivity contribution in [1.29, 1.82) is 0 Å². The number of rotatable bonds is 7. The van der Waals surface area contributed by atoms with Crippen LogP contribution in [-0.4, -0.2) is 43.8 Å². The largest absolute Gasteiger partial charge is 0.430 e. The first-order chi connectivity index (χ1) is 16.7. The molecular formula is C21H17Cl2F6N5O2. The van der Waals surface area contributed by atoms with Crippen molar-refractivity contribution >= 4 is 29.1 Å². The molecule has 0 spiro atoms. The monoisotopic (exact) mass is 555 g/mol. The summed E-state index contributed by atoms with van der Waals surface area (Å²) in [6.45, 7) is 0.436. The Bertz CT molecular complexity index is 1320. The molecule has 1 aliphatic rings. The highest BCUT2D eigenvalue weighted by Crippen LogP contribution is 2.42. The van der Waals surface area contributed by atoms with Crippen LogP contribution in [0.25, 0.3) is 16.9 Å². The SMILES string of the molecule is CC(F)C(F)(F)Oc1nn(C)c(-n2cc(-c3cc(C(=O)NC4CC4)c(Cl)cc3Cl)cn2)c1C(F)(F)F. The lowest BCUT2D eigenvalue weighted by Crippen LogP contribution is -2.35. The number of nitrogens with zero attached hydrogens (tertiary/aromatic N) is 4. The summed E-state index contributed by atoms with van der Waals surface area (Å²) in [5.41, 5.74) is -1.16. The Balaban J connectivity index is 1.76. The van der Waals surface area contributed by atoms with E-state index in [0.29, 0.717) is 11.6 Å². The lowest BCUT2D eigenvalue weighted by atomic mass is 10.1. The number of aromatic nitrogens is 4. The number of benzene rings is 1. The Labute approximate surface area is 209 Å². The molecule has 1 amide bonds. The molecule has 1 fully saturated rings. The second-order valence-corrected chi connectivity index (χ2v) is 8.95. The van der Waals surface area contributed by atoms with Gasteiger partial charge in [0.15, 0.2) is 11.4 Å². The van der Waals surface area contributed by atoms with Gasteiger partial charge < -0.3 is 10.1 Å². The average molecular weight is 556 g/mol. The van der Waals surface area contributed by atoms with Crippen molar-refractivity contribution in [3.05, 3.63) is 45.7 Å². The number of nitrogens with one attached hydrogen (secondary N) is 1. The van der Waals surface area contributed by atoms with Gasteiger partial charge in [-0.25, -0.2) is 13.8 Å². The van der Waals surface area contributed by atoms with Crippen molar-refractivity contribution in [3.63, 3.8) is 0 Å². The molecule has 1 unspecified atom stereocenters. The van der Waals surface area contributed by atoms with Gasteiger partial charge in [-0.1, -0.05) is 23.2 Å². The van der Waals surface area contributed by atoms with Crippen LogP contribution >= 0.6 is 23.2 Å². The van der Waals surface area contributed by atoms with Crippen molar-refractivity contribution in [2.75, 3.05) is 0 Å². The van der Waals surface area contributed by atoms with E-state index < -0.39 is 41.6 Å². The normalized spacial score (nSPS) is 15.2. The number of carbonyl (C=O) groups excluding carboxylic acids is 1. The summed E-state index contributed by atoms with van der Waals surface area (Å²) in [7, 11) is 1.05. The van der Waals surface area contributed by atoms with E-state index in [1.54, 1.807) is 0 Å². The molecule has 7 nitrogen and oxygen atoms in total. The molecule has 194 valence electrons. The van der Waals surface area contributed by atoms with Crippen LogP contribution in [0.1, 0.15) is 35.7 Å². The minimum Gasteiger partial charge on any atom is -0.410 e. The average Bonchev–Trinajstić information content (AvgIpc) is 3.31. The van der Waals surface area contributed by atoms with Crippen LogP contribution in [0.5, 0.6) is 5.88 Å². The molecule has 1 N–H and O–H groups in total. The first-order valence-electron chi connectivity index (χ1n) is 10.4. The lowest BCUT2D eigenvalue weighted by Gasteiger charge is -2.18. The maximum Gasteiger partial charge on any atom is 0.430 e. The minimum atomic E-state index is -5.22. The maximum absolute atomic E-state index is 13.9. The molecule has 1 atom stereocenters. The van der Waals surface area contributed by atoms with Crippen LogP contribution in [-0.2, 0) is 13.2 Å². The van der Waals surface area contributed by atoms with Crippen molar-refractivity contribution in [2.45, 2.75) is 44.3 Å². The lowest BCUT2D eigenvalue weighted by molar-refractivity contribution is -0.220. The highest BCUT2D eigenvalue weighted by Gasteiger charge is 2.47. The standard InChI is InChI=1S/C21H17Cl2F6N5O2/c1-9(24)21(28,29)36-18-16(20(25,26)27)19(33(2)32-18)34-8-10(7-30-34)12-5-13(15(23)6-14(12)22)17(35)31-11-3-4-11/h5-9,11H,3-4H2,1-2H3,(H,31,35). The molecule has 1 saturated carbocycles. The molecule has 0 saturated heterocycles. The highest BCUT2D eigenvalue weighted by atomic mass is 35.5. The van der Waals surface area contributed by atoms with E-state index >= 15 is 0 Å². The molecule has 15 heteroatoms. The molecule has 0 aliphatic heterocycles. The molecule has 2 aromatic heterocycles. The smallest absolute Gasteiger partial charge is 0.410 e. The van der Waals surface area contributed by atoms with Gasteiger partial charge in [0, 0.05) is 30.4 Å². The quantitative estimate of drug-likeness (QED) is 0.373. The van der Waals surface area contributed by atoms with E-state index in [0.717, 1.165) is 37.0 Å². The summed E-state index contributed by atoms with van der Waals surface area (Å²) in [6, 6.07) is 2.73. The Hall–Kier alpha value is -2.93. The van der Waals surface area contributed by atoms with Gasteiger partial charge in [0.1, 0.15) is 0 Å².